The highest BCUT2D eigenvalue weighted by atomic mass is 35.5. The summed E-state index contributed by atoms with van der Waals surface area (Å²) in [5, 5.41) is 3.30. The van der Waals surface area contributed by atoms with E-state index in [0.717, 1.165) is 0 Å². The number of fused-ring (bicyclic) bond motifs is 1. The van der Waals surface area contributed by atoms with E-state index >= 15 is 0 Å². The summed E-state index contributed by atoms with van der Waals surface area (Å²) in [5.74, 6) is -0.692. The summed E-state index contributed by atoms with van der Waals surface area (Å²) in [7, 11) is 0. The Morgan fingerprint density at radius 1 is 0.821 bits per heavy atom. The van der Waals surface area contributed by atoms with Gasteiger partial charge in [-0.25, -0.2) is 4.79 Å². The van der Waals surface area contributed by atoms with Crippen LogP contribution >= 0.6 is 11.6 Å². The van der Waals surface area contributed by atoms with Crippen molar-refractivity contribution in [3.63, 3.8) is 0 Å². The fourth-order valence-electron chi connectivity index (χ4n) is 2.94. The number of benzene rings is 3. The zero-order valence-corrected chi connectivity index (χ0v) is 15.2. The van der Waals surface area contributed by atoms with Crippen molar-refractivity contribution >= 4 is 40.0 Å². The number of halogens is 1. The molecule has 0 bridgehead atoms. The molecule has 0 aliphatic rings. The number of aromatic amines is 2. The molecular weight excluding hydrogens is 378 g/mol. The minimum atomic E-state index is -0.421. The van der Waals surface area contributed by atoms with Crippen molar-refractivity contribution in [2.75, 3.05) is 5.32 Å². The van der Waals surface area contributed by atoms with Crippen LogP contribution in [0.3, 0.4) is 0 Å². The van der Waals surface area contributed by atoms with Gasteiger partial charge in [0, 0.05) is 21.8 Å². The van der Waals surface area contributed by atoms with Gasteiger partial charge in [-0.3, -0.25) is 9.59 Å². The molecule has 0 saturated heterocycles. The van der Waals surface area contributed by atoms with Crippen molar-refractivity contribution < 1.29 is 9.59 Å². The van der Waals surface area contributed by atoms with Crippen LogP contribution < -0.4 is 11.0 Å². The van der Waals surface area contributed by atoms with E-state index in [2.05, 4.69) is 15.3 Å². The van der Waals surface area contributed by atoms with Gasteiger partial charge in [0.25, 0.3) is 5.91 Å². The van der Waals surface area contributed by atoms with Crippen molar-refractivity contribution in [1.82, 2.24) is 9.97 Å². The molecule has 1 aromatic heterocycles. The van der Waals surface area contributed by atoms with E-state index in [0.29, 0.717) is 32.9 Å². The van der Waals surface area contributed by atoms with Crippen LogP contribution in [0.5, 0.6) is 0 Å². The Kier molecular flexibility index (Phi) is 4.55. The van der Waals surface area contributed by atoms with E-state index in [4.69, 9.17) is 11.6 Å². The lowest BCUT2D eigenvalue weighted by molar-refractivity contribution is 0.0996. The third-order valence-electron chi connectivity index (χ3n) is 4.30. The summed E-state index contributed by atoms with van der Waals surface area (Å²) in [5.41, 5.74) is 2.38. The Morgan fingerprint density at radius 3 is 2.25 bits per heavy atom. The molecule has 0 fully saturated rings. The standard InChI is InChI=1S/C21H14ClN3O3/c22-13-7-5-12(6-8-13)19(26)15-3-1-2-4-16(15)20(27)23-14-9-10-17-18(11-14)25-21(28)24-17/h1-11H,(H,23,27)(H2,24,25,28). The molecule has 28 heavy (non-hydrogen) atoms. The molecule has 0 spiro atoms. The molecule has 3 aromatic carbocycles. The minimum absolute atomic E-state index is 0.255. The van der Waals surface area contributed by atoms with E-state index in [9.17, 15) is 14.4 Å². The quantitative estimate of drug-likeness (QED) is 0.459. The molecule has 0 radical (unpaired) electrons. The summed E-state index contributed by atoms with van der Waals surface area (Å²) in [6, 6.07) is 18.1. The summed E-state index contributed by atoms with van der Waals surface area (Å²) < 4.78 is 0. The Balaban J connectivity index is 1.64. The van der Waals surface area contributed by atoms with Crippen LogP contribution in [0.2, 0.25) is 5.02 Å². The van der Waals surface area contributed by atoms with Crippen LogP contribution in [0.4, 0.5) is 5.69 Å². The first kappa shape index (κ1) is 17.8. The molecule has 4 aromatic rings. The second-order valence-electron chi connectivity index (χ2n) is 6.18. The molecule has 4 rings (SSSR count). The molecule has 1 heterocycles. The van der Waals surface area contributed by atoms with E-state index < -0.39 is 5.91 Å². The third-order valence-corrected chi connectivity index (χ3v) is 4.55. The smallest absolute Gasteiger partial charge is 0.322 e. The van der Waals surface area contributed by atoms with E-state index in [1.54, 1.807) is 66.7 Å². The largest absolute Gasteiger partial charge is 0.323 e. The van der Waals surface area contributed by atoms with Gasteiger partial charge >= 0.3 is 5.69 Å². The molecule has 0 unspecified atom stereocenters. The average Bonchev–Trinajstić information content (AvgIpc) is 3.07. The lowest BCUT2D eigenvalue weighted by atomic mass is 9.98. The normalized spacial score (nSPS) is 10.8. The molecule has 0 atom stereocenters. The number of hydrogen-bond acceptors (Lipinski definition) is 3. The monoisotopic (exact) mass is 391 g/mol. The van der Waals surface area contributed by atoms with Gasteiger partial charge in [-0.1, -0.05) is 29.8 Å². The fourth-order valence-corrected chi connectivity index (χ4v) is 3.07. The van der Waals surface area contributed by atoms with Crippen molar-refractivity contribution in [3.05, 3.63) is 98.9 Å². The molecule has 0 aliphatic carbocycles. The van der Waals surface area contributed by atoms with Crippen LogP contribution in [0, 0.1) is 0 Å². The summed E-state index contributed by atoms with van der Waals surface area (Å²) in [6.07, 6.45) is 0. The Morgan fingerprint density at radius 2 is 1.50 bits per heavy atom. The molecular formula is C21H14ClN3O3. The van der Waals surface area contributed by atoms with Crippen molar-refractivity contribution in [2.45, 2.75) is 0 Å². The van der Waals surface area contributed by atoms with Gasteiger partial charge in [-0.15, -0.1) is 0 Å². The van der Waals surface area contributed by atoms with Crippen molar-refractivity contribution in [2.24, 2.45) is 0 Å². The van der Waals surface area contributed by atoms with Crippen molar-refractivity contribution in [3.8, 4) is 0 Å². The molecule has 1 amide bonds. The van der Waals surface area contributed by atoms with E-state index in [-0.39, 0.29) is 17.0 Å². The Labute approximate surface area is 164 Å². The number of carbonyl (C=O) groups excluding carboxylic acids is 2. The highest BCUT2D eigenvalue weighted by Gasteiger charge is 2.18. The Hall–Kier alpha value is -3.64. The lowest BCUT2D eigenvalue weighted by Gasteiger charge is -2.10. The maximum Gasteiger partial charge on any atom is 0.323 e. The highest BCUT2D eigenvalue weighted by Crippen LogP contribution is 2.20. The first-order chi connectivity index (χ1) is 13.5. The number of hydrogen-bond donors (Lipinski definition) is 3. The third kappa shape index (κ3) is 3.45. The molecule has 6 nitrogen and oxygen atoms in total. The predicted octanol–water partition coefficient (Wildman–Crippen LogP) is 3.99. The van der Waals surface area contributed by atoms with Crippen molar-refractivity contribution in [1.29, 1.82) is 0 Å². The fraction of sp³-hybridized carbons (Fsp3) is 0. The number of aromatic nitrogens is 2. The van der Waals surface area contributed by atoms with Gasteiger partial charge in [0.2, 0.25) is 0 Å². The van der Waals surface area contributed by atoms with E-state index in [1.807, 2.05) is 0 Å². The van der Waals surface area contributed by atoms with Gasteiger partial charge in [0.15, 0.2) is 5.78 Å². The van der Waals surface area contributed by atoms with Crippen LogP contribution in [-0.2, 0) is 0 Å². The zero-order chi connectivity index (χ0) is 19.7. The number of ketones is 1. The molecule has 0 aliphatic heterocycles. The van der Waals surface area contributed by atoms with Crippen LogP contribution in [-0.4, -0.2) is 21.7 Å². The number of amides is 1. The first-order valence-electron chi connectivity index (χ1n) is 8.44. The summed E-state index contributed by atoms with van der Waals surface area (Å²) >= 11 is 5.88. The zero-order valence-electron chi connectivity index (χ0n) is 14.5. The lowest BCUT2D eigenvalue weighted by Crippen LogP contribution is -2.17. The number of rotatable bonds is 4. The Bertz CT molecular complexity index is 1260. The highest BCUT2D eigenvalue weighted by molar-refractivity contribution is 6.30. The maximum absolute atomic E-state index is 12.8. The summed E-state index contributed by atoms with van der Waals surface area (Å²) in [4.78, 5) is 42.3. The van der Waals surface area contributed by atoms with Gasteiger partial charge in [-0.05, 0) is 48.5 Å². The van der Waals surface area contributed by atoms with Gasteiger partial charge in [0.05, 0.1) is 16.6 Å². The van der Waals surface area contributed by atoms with Gasteiger partial charge in [-0.2, -0.15) is 0 Å². The molecule has 7 heteroatoms. The SMILES string of the molecule is O=C(Nc1ccc2[nH]c(=O)[nH]c2c1)c1ccccc1C(=O)c1ccc(Cl)cc1. The maximum atomic E-state index is 12.8. The van der Waals surface area contributed by atoms with Crippen LogP contribution in [0.15, 0.2) is 71.5 Å². The van der Waals surface area contributed by atoms with Gasteiger partial charge in [0.1, 0.15) is 0 Å². The topological polar surface area (TPSA) is 94.8 Å². The minimum Gasteiger partial charge on any atom is -0.322 e. The molecule has 3 N–H and O–H groups in total. The predicted molar refractivity (Wildman–Crippen MR) is 108 cm³/mol. The number of imidazole rings is 1. The van der Waals surface area contributed by atoms with E-state index in [1.165, 1.54) is 0 Å². The van der Waals surface area contributed by atoms with Crippen LogP contribution in [0.25, 0.3) is 11.0 Å². The van der Waals surface area contributed by atoms with Crippen LogP contribution in [0.1, 0.15) is 26.3 Å². The molecule has 0 saturated carbocycles. The number of carbonyl (C=O) groups is 2. The van der Waals surface area contributed by atoms with Gasteiger partial charge < -0.3 is 15.3 Å². The molecule has 138 valence electrons. The number of H-pyrrole nitrogens is 2. The summed E-state index contributed by atoms with van der Waals surface area (Å²) in [6.45, 7) is 0. The number of anilines is 1. The number of nitrogens with one attached hydrogen (secondary N) is 3. The average molecular weight is 392 g/mol. The second kappa shape index (κ2) is 7.17. The second-order valence-corrected chi connectivity index (χ2v) is 6.61. The first-order valence-corrected chi connectivity index (χ1v) is 8.82.